The third-order valence-corrected chi connectivity index (χ3v) is 8.29. The van der Waals surface area contributed by atoms with Crippen LogP contribution in [0.15, 0.2) is 0 Å². The van der Waals surface area contributed by atoms with Crippen molar-refractivity contribution in [3.8, 4) is 0 Å². The summed E-state index contributed by atoms with van der Waals surface area (Å²) in [5, 5.41) is 0. The molecule has 0 aliphatic heterocycles. The number of carbonyl (C=O) groups is 6. The Labute approximate surface area is 370 Å². The lowest BCUT2D eigenvalue weighted by molar-refractivity contribution is -0.870. The van der Waals surface area contributed by atoms with Gasteiger partial charge in [0.2, 0.25) is 0 Å². The molecular weight excluding hydrogens is 833 g/mol. The Bertz CT molecular complexity index is 1160. The molecule has 12 N–H and O–H groups in total. The van der Waals surface area contributed by atoms with Gasteiger partial charge in [-0.2, -0.15) is 7.82 Å². The fourth-order valence-electron chi connectivity index (χ4n) is 4.64. The molecule has 0 radical (unpaired) electrons. The second-order valence-electron chi connectivity index (χ2n) is 17.5. The number of carbonyl (C=O) groups excluding carboxylic acids is 6. The summed E-state index contributed by atoms with van der Waals surface area (Å²) in [5.74, 6) is -3.93. The van der Waals surface area contributed by atoms with Crippen LogP contribution in [-0.2, 0) is 47.5 Å². The molecule has 3 unspecified atom stereocenters. The number of ether oxygens (including phenoxy) is 3. The average molecular weight is 918 g/mol. The smallest absolute Gasteiger partial charge is 0.316 e. The zero-order valence-corrected chi connectivity index (χ0v) is 40.0. The van der Waals surface area contributed by atoms with Crippen LogP contribution in [0, 0.1) is 17.8 Å². The van der Waals surface area contributed by atoms with Gasteiger partial charge in [-0.05, 0) is 77.8 Å². The maximum absolute atomic E-state index is 11.9. The van der Waals surface area contributed by atoms with Gasteiger partial charge in [0.05, 0.1) is 63.4 Å². The molecule has 0 aromatic carbocycles. The maximum atomic E-state index is 11.9. The van der Waals surface area contributed by atoms with Crippen LogP contribution in [0.2, 0.25) is 0 Å². The standard InChI is InChI=1S/3C13H28N3O3.H3O4P/c3*1-16(2,3)9-10-19-13(18)11(6-8-15)12(17)5-4-7-14;1-5(2,3)4/h3*11H,4-10,14-15H2,1-3H3;(H3,1,2,3,4)/q3*+1;/p-3. The molecule has 0 aliphatic rings. The van der Waals surface area contributed by atoms with Crippen LogP contribution in [0.3, 0.4) is 0 Å². The van der Waals surface area contributed by atoms with E-state index in [0.717, 1.165) is 0 Å². The molecule has 0 saturated heterocycles. The molecule has 0 spiro atoms. The average Bonchev–Trinajstić information content (AvgIpc) is 3.13. The van der Waals surface area contributed by atoms with Crippen LogP contribution < -0.4 is 49.1 Å². The van der Waals surface area contributed by atoms with Gasteiger partial charge in [-0.3, -0.25) is 28.8 Å². The van der Waals surface area contributed by atoms with Gasteiger partial charge in [0.15, 0.2) is 0 Å². The lowest BCUT2D eigenvalue weighted by atomic mass is 9.97. The highest BCUT2D eigenvalue weighted by Gasteiger charge is 2.29. The highest BCUT2D eigenvalue weighted by Crippen LogP contribution is 2.13. The van der Waals surface area contributed by atoms with Crippen LogP contribution >= 0.6 is 7.82 Å². The fourth-order valence-corrected chi connectivity index (χ4v) is 4.64. The molecule has 23 heteroatoms. The molecule has 0 amide bonds. The highest BCUT2D eigenvalue weighted by atomic mass is 31.2. The Balaban J connectivity index is -0.000000385. The number of nitrogens with two attached hydrogens (primary N) is 6. The first kappa shape index (κ1) is 65.8. The van der Waals surface area contributed by atoms with E-state index < -0.39 is 43.5 Å². The Kier molecular flexibility index (Phi) is 38.7. The van der Waals surface area contributed by atoms with Crippen LogP contribution in [0.5, 0.6) is 0 Å². The predicted molar refractivity (Wildman–Crippen MR) is 231 cm³/mol. The van der Waals surface area contributed by atoms with Crippen molar-refractivity contribution < 1.29 is 75.7 Å². The summed E-state index contributed by atoms with van der Waals surface area (Å²) in [6.45, 7) is 5.27. The molecule has 22 nitrogen and oxygen atoms in total. The second kappa shape index (κ2) is 36.5. The van der Waals surface area contributed by atoms with Gasteiger partial charge in [-0.25, -0.2) is 0 Å². The van der Waals surface area contributed by atoms with E-state index in [2.05, 4.69) is 0 Å². The van der Waals surface area contributed by atoms with Gasteiger partial charge in [0.1, 0.15) is 74.6 Å². The lowest BCUT2D eigenvalue weighted by Gasteiger charge is -2.36. The first-order valence-corrected chi connectivity index (χ1v) is 22.3. The van der Waals surface area contributed by atoms with Crippen LogP contribution in [0.1, 0.15) is 57.8 Å². The first-order valence-electron chi connectivity index (χ1n) is 20.9. The van der Waals surface area contributed by atoms with E-state index in [9.17, 15) is 28.8 Å². The van der Waals surface area contributed by atoms with E-state index in [1.165, 1.54) is 0 Å². The van der Waals surface area contributed by atoms with Gasteiger partial charge in [0.25, 0.3) is 0 Å². The van der Waals surface area contributed by atoms with Gasteiger partial charge in [-0.15, -0.1) is 0 Å². The van der Waals surface area contributed by atoms with Crippen molar-refractivity contribution in [2.24, 2.45) is 52.2 Å². The third-order valence-electron chi connectivity index (χ3n) is 8.29. The van der Waals surface area contributed by atoms with Crippen molar-refractivity contribution in [1.29, 1.82) is 0 Å². The third kappa shape index (κ3) is 45.2. The first-order chi connectivity index (χ1) is 28.4. The Morgan fingerprint density at radius 1 is 0.435 bits per heavy atom. The van der Waals surface area contributed by atoms with Gasteiger partial charge < -0.3 is 81.3 Å². The number of likely N-dealkylation sites (N-methyl/N-ethyl adjacent to an activating group) is 3. The molecule has 368 valence electrons. The molecule has 0 saturated carbocycles. The number of hydrogen-bond acceptors (Lipinski definition) is 19. The summed E-state index contributed by atoms with van der Waals surface area (Å²) in [7, 11) is 12.7. The molecule has 0 rings (SSSR count). The molecule has 0 fully saturated rings. The minimum atomic E-state index is -5.39. The number of ketones is 3. The minimum Gasteiger partial charge on any atom is -0.822 e. The molecule has 62 heavy (non-hydrogen) atoms. The summed E-state index contributed by atoms with van der Waals surface area (Å²) in [6.07, 6.45) is 3.72. The van der Waals surface area contributed by atoms with Gasteiger partial charge in [0, 0.05) is 19.3 Å². The minimum absolute atomic E-state index is 0.119. The number of hydrogen-bond donors (Lipinski definition) is 6. The predicted octanol–water partition coefficient (Wildman–Crippen LogP) is -4.30. The van der Waals surface area contributed by atoms with Gasteiger partial charge in [-0.1, -0.05) is 0 Å². The number of esters is 3. The molecule has 0 bridgehead atoms. The number of phosphoric acid groups is 1. The monoisotopic (exact) mass is 918 g/mol. The topological polar surface area (TPSA) is 372 Å². The zero-order chi connectivity index (χ0) is 49.2. The summed E-state index contributed by atoms with van der Waals surface area (Å²) in [5.41, 5.74) is 32.4. The summed E-state index contributed by atoms with van der Waals surface area (Å²) >= 11 is 0. The molecule has 0 aliphatic carbocycles. The molecule has 0 heterocycles. The lowest BCUT2D eigenvalue weighted by Crippen LogP contribution is -2.39. The SMILES string of the molecule is C[N+](C)(C)CCOC(=O)C(CCN)C(=O)CCCN.C[N+](C)(C)CCOC(=O)C(CCN)C(=O)CCCN.C[N+](C)(C)CCOC(=O)C(CCN)C(=O)CCCN.O=P([O-])([O-])[O-]. The van der Waals surface area contributed by atoms with Gasteiger partial charge >= 0.3 is 17.9 Å². The largest absolute Gasteiger partial charge is 0.822 e. The summed E-state index contributed by atoms with van der Waals surface area (Å²) < 4.78 is 26.2. The highest BCUT2D eigenvalue weighted by molar-refractivity contribution is 7.40. The Morgan fingerprint density at radius 2 is 0.629 bits per heavy atom. The maximum Gasteiger partial charge on any atom is 0.316 e. The number of quaternary nitrogens is 3. The second-order valence-corrected chi connectivity index (χ2v) is 18.4. The van der Waals surface area contributed by atoms with E-state index in [0.29, 0.717) is 150 Å². The number of rotatable bonds is 30. The molecular formula is C39H84N9O13P. The summed E-state index contributed by atoms with van der Waals surface area (Å²) in [6, 6.07) is 0. The number of Topliss-reactive ketones (excluding diaryl/α,β-unsaturated/α-hetero) is 3. The Morgan fingerprint density at radius 3 is 0.774 bits per heavy atom. The quantitative estimate of drug-likeness (QED) is 0.0130. The van der Waals surface area contributed by atoms with E-state index >= 15 is 0 Å². The van der Waals surface area contributed by atoms with E-state index in [4.69, 9.17) is 67.9 Å². The molecule has 0 aromatic rings. The van der Waals surface area contributed by atoms with Crippen molar-refractivity contribution in [3.63, 3.8) is 0 Å². The van der Waals surface area contributed by atoms with Crippen LogP contribution in [-0.4, -0.2) is 191 Å². The van der Waals surface area contributed by atoms with Crippen molar-refractivity contribution in [2.45, 2.75) is 57.8 Å². The van der Waals surface area contributed by atoms with E-state index in [1.807, 2.05) is 63.4 Å². The number of nitrogens with zero attached hydrogens (tertiary/aromatic N) is 3. The van der Waals surface area contributed by atoms with E-state index in [1.54, 1.807) is 0 Å². The van der Waals surface area contributed by atoms with Crippen molar-refractivity contribution in [3.05, 3.63) is 0 Å². The fraction of sp³-hybridized carbons (Fsp3) is 0.846. The van der Waals surface area contributed by atoms with E-state index in [-0.39, 0.29) is 17.3 Å². The molecule has 0 aromatic heterocycles. The summed E-state index contributed by atoms with van der Waals surface area (Å²) in [4.78, 5) is 96.9. The molecule has 3 atom stereocenters. The normalized spacial score (nSPS) is 13.0. The van der Waals surface area contributed by atoms with Crippen LogP contribution in [0.25, 0.3) is 0 Å². The zero-order valence-electron chi connectivity index (χ0n) is 39.1. The van der Waals surface area contributed by atoms with Crippen LogP contribution in [0.4, 0.5) is 0 Å². The van der Waals surface area contributed by atoms with Crippen molar-refractivity contribution in [2.75, 3.05) is 142 Å². The van der Waals surface area contributed by atoms with Crippen molar-refractivity contribution in [1.82, 2.24) is 0 Å². The van der Waals surface area contributed by atoms with Crippen molar-refractivity contribution >= 4 is 43.1 Å². The Hall–Kier alpha value is -2.83.